The molecule has 1 aliphatic carbocycles. The Morgan fingerprint density at radius 1 is 0.824 bits per heavy atom. The second-order valence-electron chi connectivity index (χ2n) is 12.6. The summed E-state index contributed by atoms with van der Waals surface area (Å²) in [6.07, 6.45) is -3.58. The zero-order valence-corrected chi connectivity index (χ0v) is 27.1. The van der Waals surface area contributed by atoms with Crippen LogP contribution in [0.15, 0.2) is 124 Å². The monoisotopic (exact) mass is 714 g/mol. The minimum Gasteiger partial charge on any atom is -0.508 e. The molecule has 1 N–H and O–H groups in total. The lowest BCUT2D eigenvalue weighted by atomic mass is 9.53. The number of ether oxygens (including phenoxy) is 1. The summed E-state index contributed by atoms with van der Waals surface area (Å²) in [6, 6.07) is 24.7. The molecular weight excluding hydrogens is 689 g/mol. The van der Waals surface area contributed by atoms with Crippen molar-refractivity contribution in [2.45, 2.75) is 36.7 Å². The molecular formula is C37H26ClF3N4O6. The fourth-order valence-corrected chi connectivity index (χ4v) is 8.29. The number of fused-ring (bicyclic) bond motifs is 4. The summed E-state index contributed by atoms with van der Waals surface area (Å²) in [4.78, 5) is 59.0. The number of carbonyl (C=O) groups excluding carboxylic acids is 2. The van der Waals surface area contributed by atoms with E-state index in [1.165, 1.54) is 21.5 Å². The van der Waals surface area contributed by atoms with E-state index in [4.69, 9.17) is 11.6 Å². The third-order valence-electron chi connectivity index (χ3n) is 9.99. The number of allylic oxidation sites excluding steroid dienone is 2. The lowest BCUT2D eigenvalue weighted by Crippen LogP contribution is -2.53. The van der Waals surface area contributed by atoms with Crippen molar-refractivity contribution in [2.24, 2.45) is 5.92 Å². The van der Waals surface area contributed by atoms with Gasteiger partial charge in [0.2, 0.25) is 11.8 Å². The van der Waals surface area contributed by atoms with Crippen LogP contribution in [0.3, 0.4) is 0 Å². The predicted octanol–water partition coefficient (Wildman–Crippen LogP) is 5.85. The molecule has 0 unspecified atom stereocenters. The minimum absolute atomic E-state index is 0.137. The number of para-hydroxylation sites is 1. The third kappa shape index (κ3) is 4.86. The minimum atomic E-state index is -5.08. The first-order valence-corrected chi connectivity index (χ1v) is 16.3. The Hall–Kier alpha value is -5.82. The number of carbonyl (C=O) groups is 2. The topological polar surface area (TPSA) is 116 Å². The van der Waals surface area contributed by atoms with Crippen LogP contribution in [0.2, 0.25) is 5.02 Å². The molecule has 2 fully saturated rings. The number of phenolic OH excluding ortho intramolecular Hbond substituents is 1. The molecule has 4 atom stereocenters. The van der Waals surface area contributed by atoms with Gasteiger partial charge in [-0.1, -0.05) is 72.3 Å². The molecule has 5 aromatic rings. The number of hydrogen-bond donors (Lipinski definition) is 1. The zero-order valence-electron chi connectivity index (χ0n) is 26.3. The first kappa shape index (κ1) is 32.4. The van der Waals surface area contributed by atoms with Crippen LogP contribution < -0.4 is 21.0 Å². The fourth-order valence-electron chi connectivity index (χ4n) is 8.11. The van der Waals surface area contributed by atoms with Gasteiger partial charge in [-0.2, -0.15) is 0 Å². The maximum absolute atomic E-state index is 15.2. The molecule has 4 aromatic carbocycles. The molecule has 8 rings (SSSR count). The lowest BCUT2D eigenvalue weighted by Gasteiger charge is -2.49. The molecule has 3 aliphatic rings. The largest absolute Gasteiger partial charge is 0.573 e. The first-order chi connectivity index (χ1) is 24.4. The number of alkyl halides is 3. The van der Waals surface area contributed by atoms with Crippen LogP contribution in [0, 0.1) is 5.92 Å². The molecule has 2 amide bonds. The molecule has 51 heavy (non-hydrogen) atoms. The number of rotatable bonds is 5. The predicted molar refractivity (Wildman–Crippen MR) is 179 cm³/mol. The highest BCUT2D eigenvalue weighted by Gasteiger charge is 2.69. The molecule has 0 radical (unpaired) electrons. The van der Waals surface area contributed by atoms with E-state index in [1.54, 1.807) is 78.9 Å². The zero-order chi connectivity index (χ0) is 35.8. The highest BCUT2D eigenvalue weighted by Crippen LogP contribution is 2.63. The van der Waals surface area contributed by atoms with Crippen molar-refractivity contribution in [2.75, 3.05) is 4.90 Å². The maximum atomic E-state index is 15.2. The molecule has 1 saturated carbocycles. The number of hydrogen-bond acceptors (Lipinski definition) is 6. The summed E-state index contributed by atoms with van der Waals surface area (Å²) in [5.74, 6) is -5.04. The molecule has 0 bridgehead atoms. The SMILES string of the molecule is O=C1[C@@H]2C[C@@H]3C(=CCn4c(=O)n(-c5ccccc5)c(=O)n43)[C@H](c3cc(OC(F)(F)F)ccc3O)[C@]2(c2ccccc2)C(=O)N1c1cccc(Cl)c1. The number of imide groups is 1. The smallest absolute Gasteiger partial charge is 0.508 e. The van der Waals surface area contributed by atoms with Crippen molar-refractivity contribution in [1.29, 1.82) is 0 Å². The van der Waals surface area contributed by atoms with Crippen molar-refractivity contribution < 1.29 is 32.6 Å². The number of halogens is 4. The summed E-state index contributed by atoms with van der Waals surface area (Å²) in [6.45, 7) is -0.147. The second kappa shape index (κ2) is 11.6. The van der Waals surface area contributed by atoms with Crippen molar-refractivity contribution in [1.82, 2.24) is 13.9 Å². The van der Waals surface area contributed by atoms with Crippen molar-refractivity contribution in [3.63, 3.8) is 0 Å². The molecule has 14 heteroatoms. The summed E-state index contributed by atoms with van der Waals surface area (Å²) in [5, 5.41) is 11.7. The van der Waals surface area contributed by atoms with Gasteiger partial charge in [0.15, 0.2) is 0 Å². The summed E-state index contributed by atoms with van der Waals surface area (Å²) in [5.41, 5.74) is -2.14. The van der Waals surface area contributed by atoms with E-state index in [9.17, 15) is 32.7 Å². The Morgan fingerprint density at radius 3 is 2.20 bits per heavy atom. The van der Waals surface area contributed by atoms with Gasteiger partial charge in [-0.25, -0.2) is 28.4 Å². The van der Waals surface area contributed by atoms with E-state index in [2.05, 4.69) is 4.74 Å². The standard InChI is InChI=1S/C37H26ClF3N4O6/c38-22-10-7-13-24(18-22)43-32(47)28-20-29-26(16-17-42-34(49)44(35(50)45(29)42)23-11-5-2-6-12-23)31(36(28,33(43)48)21-8-3-1-4-9-21)27-19-25(14-15-30(27)46)51-37(39,40)41/h1-16,18-19,28-29,31,46H,17,20H2/t28-,29+,31+,36+/m0/s1. The van der Waals surface area contributed by atoms with Gasteiger partial charge in [-0.15, -0.1) is 13.2 Å². The van der Waals surface area contributed by atoms with E-state index < -0.39 is 64.3 Å². The molecule has 3 heterocycles. The van der Waals surface area contributed by atoms with E-state index >= 15 is 4.79 Å². The highest BCUT2D eigenvalue weighted by molar-refractivity contribution is 6.32. The van der Waals surface area contributed by atoms with Crippen molar-refractivity contribution >= 4 is 29.1 Å². The van der Waals surface area contributed by atoms with Gasteiger partial charge in [-0.05, 0) is 66.1 Å². The average molecular weight is 715 g/mol. The molecule has 2 aliphatic heterocycles. The van der Waals surface area contributed by atoms with E-state index in [0.717, 1.165) is 27.7 Å². The summed E-state index contributed by atoms with van der Waals surface area (Å²) in [7, 11) is 0. The number of nitrogens with zero attached hydrogens (tertiary/aromatic N) is 4. The molecule has 1 saturated heterocycles. The summed E-state index contributed by atoms with van der Waals surface area (Å²) < 4.78 is 48.3. The normalized spacial score (nSPS) is 22.6. The highest BCUT2D eigenvalue weighted by atomic mass is 35.5. The first-order valence-electron chi connectivity index (χ1n) is 15.9. The van der Waals surface area contributed by atoms with Crippen LogP contribution >= 0.6 is 11.6 Å². The van der Waals surface area contributed by atoms with Crippen LogP contribution in [0.4, 0.5) is 18.9 Å². The molecule has 10 nitrogen and oxygen atoms in total. The fraction of sp³-hybridized carbons (Fsp3) is 0.189. The molecule has 258 valence electrons. The number of amides is 2. The van der Waals surface area contributed by atoms with Crippen LogP contribution in [-0.4, -0.2) is 37.2 Å². The van der Waals surface area contributed by atoms with Crippen LogP contribution in [0.5, 0.6) is 11.5 Å². The van der Waals surface area contributed by atoms with E-state index in [0.29, 0.717) is 16.8 Å². The number of aromatic hydroxyl groups is 1. The summed E-state index contributed by atoms with van der Waals surface area (Å²) >= 11 is 6.31. The van der Waals surface area contributed by atoms with Gasteiger partial charge in [0.05, 0.1) is 35.3 Å². The Morgan fingerprint density at radius 2 is 1.51 bits per heavy atom. The number of aromatic nitrogens is 3. The number of benzene rings is 4. The van der Waals surface area contributed by atoms with Crippen LogP contribution in [-0.2, 0) is 21.5 Å². The molecule has 1 aromatic heterocycles. The number of anilines is 1. The average Bonchev–Trinajstić information content (AvgIpc) is 3.50. The van der Waals surface area contributed by atoms with E-state index in [-0.39, 0.29) is 29.2 Å². The second-order valence-corrected chi connectivity index (χ2v) is 13.0. The van der Waals surface area contributed by atoms with Gasteiger partial charge in [-0.3, -0.25) is 9.59 Å². The number of phenols is 1. The van der Waals surface area contributed by atoms with Gasteiger partial charge >= 0.3 is 17.7 Å². The van der Waals surface area contributed by atoms with Gasteiger partial charge in [0, 0.05) is 16.5 Å². The lowest BCUT2D eigenvalue weighted by molar-refractivity contribution is -0.274. The van der Waals surface area contributed by atoms with Crippen molar-refractivity contribution in [3.05, 3.63) is 152 Å². The van der Waals surface area contributed by atoms with E-state index in [1.807, 2.05) is 0 Å². The van der Waals surface area contributed by atoms with Gasteiger partial charge in [0.25, 0.3) is 0 Å². The van der Waals surface area contributed by atoms with Gasteiger partial charge < -0.3 is 9.84 Å². The van der Waals surface area contributed by atoms with Gasteiger partial charge in [0.1, 0.15) is 11.5 Å². The third-order valence-corrected chi connectivity index (χ3v) is 10.2. The maximum Gasteiger partial charge on any atom is 0.573 e. The molecule has 0 spiro atoms. The Bertz CT molecular complexity index is 2390. The Labute approximate surface area is 291 Å². The Balaban J connectivity index is 1.43. The van der Waals surface area contributed by atoms with Crippen molar-refractivity contribution in [3.8, 4) is 17.2 Å². The van der Waals surface area contributed by atoms with Crippen LogP contribution in [0.1, 0.15) is 29.5 Å². The Kier molecular flexibility index (Phi) is 7.38. The van der Waals surface area contributed by atoms with Crippen LogP contribution in [0.25, 0.3) is 5.69 Å². The quantitative estimate of drug-likeness (QED) is 0.180.